The number of cyclic esters (lactones) is 1. The Labute approximate surface area is 201 Å². The number of aromatic nitrogens is 3. The summed E-state index contributed by atoms with van der Waals surface area (Å²) in [6.45, 7) is 3.20. The van der Waals surface area contributed by atoms with E-state index < -0.39 is 11.6 Å². The molecule has 2 aliphatic rings. The fourth-order valence-electron chi connectivity index (χ4n) is 4.91. The van der Waals surface area contributed by atoms with Crippen molar-refractivity contribution in [1.82, 2.24) is 9.55 Å². The van der Waals surface area contributed by atoms with Gasteiger partial charge in [-0.25, -0.2) is 14.3 Å². The Bertz CT molecular complexity index is 1550. The third kappa shape index (κ3) is 3.40. The van der Waals surface area contributed by atoms with Gasteiger partial charge < -0.3 is 19.1 Å². The minimum absolute atomic E-state index is 0.116. The van der Waals surface area contributed by atoms with Gasteiger partial charge in [-0.15, -0.1) is 0 Å². The predicted molar refractivity (Wildman–Crippen MR) is 127 cm³/mol. The van der Waals surface area contributed by atoms with Crippen LogP contribution < -0.4 is 14.9 Å². The number of hydrogen-bond donors (Lipinski definition) is 1. The zero-order valence-electron chi connectivity index (χ0n) is 19.2. The molecule has 3 aromatic heterocycles. The number of fused-ring (bicyclic) bond motifs is 5. The van der Waals surface area contributed by atoms with E-state index in [-0.39, 0.29) is 18.6 Å². The fraction of sp³-hybridized carbons (Fsp3) is 0.259. The van der Waals surface area contributed by atoms with Crippen molar-refractivity contribution < 1.29 is 23.9 Å². The van der Waals surface area contributed by atoms with Crippen molar-refractivity contribution in [2.45, 2.75) is 38.6 Å². The largest absolute Gasteiger partial charge is 0.487 e. The maximum atomic E-state index is 13.3. The zero-order valence-corrected chi connectivity index (χ0v) is 19.2. The molecule has 0 radical (unpaired) electrons. The van der Waals surface area contributed by atoms with E-state index in [0.29, 0.717) is 35.7 Å². The Hall–Kier alpha value is -4.04. The molecule has 0 aliphatic carbocycles. The average molecular weight is 471 g/mol. The van der Waals surface area contributed by atoms with Crippen LogP contribution in [-0.2, 0) is 34.8 Å². The third-order valence-electron chi connectivity index (χ3n) is 6.87. The Morgan fingerprint density at radius 2 is 2.00 bits per heavy atom. The lowest BCUT2D eigenvalue weighted by molar-refractivity contribution is -0.697. The summed E-state index contributed by atoms with van der Waals surface area (Å²) in [5, 5.41) is 11.9. The van der Waals surface area contributed by atoms with E-state index in [1.54, 1.807) is 17.6 Å². The number of pyridine rings is 3. The first-order valence-electron chi connectivity index (χ1n) is 11.7. The summed E-state index contributed by atoms with van der Waals surface area (Å²) in [7, 11) is 0. The lowest BCUT2D eigenvalue weighted by atomic mass is 9.86. The van der Waals surface area contributed by atoms with Crippen molar-refractivity contribution in [3.05, 3.63) is 88.0 Å². The van der Waals surface area contributed by atoms with Crippen LogP contribution in [0.3, 0.4) is 0 Å². The van der Waals surface area contributed by atoms with Gasteiger partial charge in [0.15, 0.2) is 24.5 Å². The standard InChI is InChI=1S/C27H24N3O5/c1-2-27(33)21-14-23-24-18(15-30(23)25(31)20(21)16-35-26(27)32)12-17-13-19(6-7-22(17)28-24)34-11-10-29-8-4-3-5-9-29/h3-9,12-14,33H,2,10-11,15-16H2,1H3/q+1/t27-/m0/s1. The summed E-state index contributed by atoms with van der Waals surface area (Å²) in [5.41, 5.74) is 1.52. The molecular formula is C27H24N3O5+. The maximum Gasteiger partial charge on any atom is 0.343 e. The van der Waals surface area contributed by atoms with Crippen molar-refractivity contribution in [3.8, 4) is 17.1 Å². The van der Waals surface area contributed by atoms with Gasteiger partial charge >= 0.3 is 5.97 Å². The molecule has 8 heteroatoms. The molecule has 0 spiro atoms. The smallest absolute Gasteiger partial charge is 0.343 e. The molecular weight excluding hydrogens is 446 g/mol. The maximum absolute atomic E-state index is 13.3. The number of carbonyl (C=O) groups is 1. The van der Waals surface area contributed by atoms with Gasteiger partial charge in [0.05, 0.1) is 29.0 Å². The highest BCUT2D eigenvalue weighted by Crippen LogP contribution is 2.38. The molecule has 0 unspecified atom stereocenters. The highest BCUT2D eigenvalue weighted by atomic mass is 16.6. The number of ether oxygens (including phenoxy) is 2. The highest BCUT2D eigenvalue weighted by molar-refractivity contribution is 5.87. The second-order valence-electron chi connectivity index (χ2n) is 8.92. The van der Waals surface area contributed by atoms with Gasteiger partial charge in [-0.1, -0.05) is 13.0 Å². The topological polar surface area (TPSA) is 94.5 Å². The Morgan fingerprint density at radius 1 is 1.17 bits per heavy atom. The van der Waals surface area contributed by atoms with Crippen molar-refractivity contribution in [2.24, 2.45) is 0 Å². The minimum atomic E-state index is -1.83. The van der Waals surface area contributed by atoms with E-state index in [2.05, 4.69) is 4.57 Å². The number of esters is 1. The van der Waals surface area contributed by atoms with Crippen LogP contribution in [0.5, 0.6) is 5.75 Å². The first-order valence-corrected chi connectivity index (χ1v) is 11.7. The molecule has 0 saturated carbocycles. The molecule has 1 aromatic carbocycles. The van der Waals surface area contributed by atoms with Crippen LogP contribution in [0, 0.1) is 0 Å². The van der Waals surface area contributed by atoms with Gasteiger partial charge in [-0.2, -0.15) is 0 Å². The average Bonchev–Trinajstić information content (AvgIpc) is 3.23. The quantitative estimate of drug-likeness (QED) is 0.313. The van der Waals surface area contributed by atoms with E-state index in [1.807, 2.05) is 54.9 Å². The molecule has 0 bridgehead atoms. The van der Waals surface area contributed by atoms with Crippen LogP contribution in [0.2, 0.25) is 0 Å². The van der Waals surface area contributed by atoms with E-state index in [0.717, 1.165) is 28.8 Å². The van der Waals surface area contributed by atoms with Crippen molar-refractivity contribution >= 4 is 16.9 Å². The van der Waals surface area contributed by atoms with Crippen molar-refractivity contribution in [1.29, 1.82) is 0 Å². The number of carbonyl (C=O) groups excluding carboxylic acids is 1. The SMILES string of the molecule is CC[C@@]1(O)C(=O)OCc2c1cc1n(c2=O)Cc2cc3cc(OCC[n+]4ccccc4)ccc3nc2-1. The summed E-state index contributed by atoms with van der Waals surface area (Å²) in [6, 6.07) is 15.4. The second-order valence-corrected chi connectivity index (χ2v) is 8.92. The molecule has 6 rings (SSSR count). The predicted octanol–water partition coefficient (Wildman–Crippen LogP) is 2.45. The van der Waals surface area contributed by atoms with Gasteiger partial charge in [0.2, 0.25) is 0 Å². The Kier molecular flexibility index (Phi) is 4.93. The van der Waals surface area contributed by atoms with Gasteiger partial charge in [-0.05, 0) is 36.8 Å². The molecule has 4 aromatic rings. The van der Waals surface area contributed by atoms with Crippen LogP contribution in [-0.4, -0.2) is 27.2 Å². The zero-order chi connectivity index (χ0) is 24.2. The molecule has 1 N–H and O–H groups in total. The van der Waals surface area contributed by atoms with Crippen molar-refractivity contribution in [2.75, 3.05) is 6.61 Å². The molecule has 0 amide bonds. The molecule has 0 saturated heterocycles. The van der Waals surface area contributed by atoms with Gasteiger partial charge in [0, 0.05) is 28.6 Å². The lowest BCUT2D eigenvalue weighted by Gasteiger charge is -2.31. The second kappa shape index (κ2) is 8.02. The summed E-state index contributed by atoms with van der Waals surface area (Å²) < 4.78 is 14.8. The van der Waals surface area contributed by atoms with Crippen LogP contribution in [0.25, 0.3) is 22.3 Å². The number of rotatable bonds is 5. The molecule has 176 valence electrons. The van der Waals surface area contributed by atoms with E-state index in [9.17, 15) is 14.7 Å². The first kappa shape index (κ1) is 21.5. The first-order chi connectivity index (χ1) is 17.0. The van der Waals surface area contributed by atoms with Crippen LogP contribution >= 0.6 is 0 Å². The molecule has 2 aliphatic heterocycles. The molecule has 5 heterocycles. The number of nitrogens with zero attached hydrogens (tertiary/aromatic N) is 3. The van der Waals surface area contributed by atoms with E-state index in [1.165, 1.54) is 0 Å². The third-order valence-corrected chi connectivity index (χ3v) is 6.87. The number of aliphatic hydroxyl groups is 1. The Balaban J connectivity index is 1.34. The van der Waals surface area contributed by atoms with E-state index >= 15 is 0 Å². The summed E-state index contributed by atoms with van der Waals surface area (Å²) in [6.07, 6.45) is 4.11. The normalized spacial score (nSPS) is 18.1. The number of benzene rings is 1. The van der Waals surface area contributed by atoms with Crippen molar-refractivity contribution in [3.63, 3.8) is 0 Å². The molecule has 1 atom stereocenters. The van der Waals surface area contributed by atoms with Gasteiger partial charge in [0.1, 0.15) is 19.0 Å². The van der Waals surface area contributed by atoms with Gasteiger partial charge in [-0.3, -0.25) is 4.79 Å². The summed E-state index contributed by atoms with van der Waals surface area (Å²) in [4.78, 5) is 30.4. The van der Waals surface area contributed by atoms with Crippen LogP contribution in [0.15, 0.2) is 65.7 Å². The summed E-state index contributed by atoms with van der Waals surface area (Å²) in [5.74, 6) is 0.0299. The van der Waals surface area contributed by atoms with Crippen LogP contribution in [0.1, 0.15) is 30.0 Å². The fourth-order valence-corrected chi connectivity index (χ4v) is 4.91. The van der Waals surface area contributed by atoms with E-state index in [4.69, 9.17) is 14.5 Å². The molecule has 8 nitrogen and oxygen atoms in total. The molecule has 35 heavy (non-hydrogen) atoms. The molecule has 0 fully saturated rings. The Morgan fingerprint density at radius 3 is 2.80 bits per heavy atom. The van der Waals surface area contributed by atoms with Gasteiger partial charge in [0.25, 0.3) is 5.56 Å². The minimum Gasteiger partial charge on any atom is -0.487 e. The lowest BCUT2D eigenvalue weighted by Crippen LogP contribution is -2.44. The van der Waals surface area contributed by atoms with Crippen LogP contribution in [0.4, 0.5) is 0 Å². The number of hydrogen-bond acceptors (Lipinski definition) is 6. The monoisotopic (exact) mass is 470 g/mol. The highest BCUT2D eigenvalue weighted by Gasteiger charge is 2.45. The summed E-state index contributed by atoms with van der Waals surface area (Å²) >= 11 is 0.